The van der Waals surface area contributed by atoms with Crippen LogP contribution < -0.4 is 10.6 Å². The fourth-order valence-electron chi connectivity index (χ4n) is 1.27. The highest BCUT2D eigenvalue weighted by Crippen LogP contribution is 2.02. The molecular weight excluding hydrogens is 212 g/mol. The zero-order valence-corrected chi connectivity index (χ0v) is 9.90. The van der Waals surface area contributed by atoms with Crippen LogP contribution in [-0.4, -0.2) is 19.6 Å². The SMILES string of the molecule is C=CCNC(=NC)NCc1ccc(C#N)cc1. The first-order chi connectivity index (χ1) is 8.30. The third kappa shape index (κ3) is 4.39. The summed E-state index contributed by atoms with van der Waals surface area (Å²) in [4.78, 5) is 4.07. The van der Waals surface area contributed by atoms with Gasteiger partial charge < -0.3 is 10.6 Å². The number of nitrogens with zero attached hydrogens (tertiary/aromatic N) is 2. The maximum absolute atomic E-state index is 8.68. The molecule has 0 aromatic heterocycles. The van der Waals surface area contributed by atoms with Gasteiger partial charge in [-0.3, -0.25) is 4.99 Å². The molecule has 0 aliphatic rings. The van der Waals surface area contributed by atoms with Crippen LogP contribution in [-0.2, 0) is 6.54 Å². The zero-order chi connectivity index (χ0) is 12.5. The van der Waals surface area contributed by atoms with Crippen molar-refractivity contribution in [3.8, 4) is 6.07 Å². The summed E-state index contributed by atoms with van der Waals surface area (Å²) in [5.74, 6) is 0.731. The van der Waals surface area contributed by atoms with Crippen molar-refractivity contribution in [1.82, 2.24) is 10.6 Å². The first-order valence-corrected chi connectivity index (χ1v) is 5.34. The second-order valence-electron chi connectivity index (χ2n) is 3.40. The van der Waals surface area contributed by atoms with Crippen molar-refractivity contribution in [3.05, 3.63) is 48.0 Å². The van der Waals surface area contributed by atoms with Crippen LogP contribution in [0.2, 0.25) is 0 Å². The van der Waals surface area contributed by atoms with Crippen molar-refractivity contribution >= 4 is 5.96 Å². The average Bonchev–Trinajstić information content (AvgIpc) is 2.39. The summed E-state index contributed by atoms with van der Waals surface area (Å²) in [7, 11) is 1.72. The number of nitrogens with one attached hydrogen (secondary N) is 2. The molecule has 17 heavy (non-hydrogen) atoms. The second-order valence-corrected chi connectivity index (χ2v) is 3.40. The molecule has 0 aliphatic heterocycles. The summed E-state index contributed by atoms with van der Waals surface area (Å²) in [5, 5.41) is 14.9. The van der Waals surface area contributed by atoms with Crippen molar-refractivity contribution in [2.75, 3.05) is 13.6 Å². The van der Waals surface area contributed by atoms with E-state index < -0.39 is 0 Å². The number of rotatable bonds is 4. The van der Waals surface area contributed by atoms with Crippen LogP contribution in [0.4, 0.5) is 0 Å². The molecule has 0 radical (unpaired) electrons. The molecule has 0 amide bonds. The van der Waals surface area contributed by atoms with Gasteiger partial charge in [0.05, 0.1) is 11.6 Å². The van der Waals surface area contributed by atoms with Gasteiger partial charge in [0.15, 0.2) is 5.96 Å². The molecule has 1 aromatic carbocycles. The standard InChI is InChI=1S/C13H16N4/c1-3-8-16-13(15-2)17-10-12-6-4-11(9-14)5-7-12/h3-7H,1,8,10H2,2H3,(H2,15,16,17). The summed E-state index contributed by atoms with van der Waals surface area (Å²) in [6, 6.07) is 9.54. The molecule has 1 rings (SSSR count). The maximum atomic E-state index is 8.68. The van der Waals surface area contributed by atoms with Gasteiger partial charge in [0.25, 0.3) is 0 Å². The third-order valence-corrected chi connectivity index (χ3v) is 2.18. The molecule has 0 aliphatic carbocycles. The Bertz CT molecular complexity index is 426. The van der Waals surface area contributed by atoms with E-state index in [-0.39, 0.29) is 0 Å². The quantitative estimate of drug-likeness (QED) is 0.465. The van der Waals surface area contributed by atoms with Crippen LogP contribution in [0, 0.1) is 11.3 Å². The molecule has 0 saturated heterocycles. The smallest absolute Gasteiger partial charge is 0.191 e. The summed E-state index contributed by atoms with van der Waals surface area (Å²) in [6.45, 7) is 4.97. The van der Waals surface area contributed by atoms with Gasteiger partial charge in [-0.05, 0) is 17.7 Å². The van der Waals surface area contributed by atoms with E-state index in [4.69, 9.17) is 5.26 Å². The predicted molar refractivity (Wildman–Crippen MR) is 69.6 cm³/mol. The number of guanidine groups is 1. The van der Waals surface area contributed by atoms with Gasteiger partial charge in [-0.1, -0.05) is 18.2 Å². The highest BCUT2D eigenvalue weighted by Gasteiger charge is 1.97. The molecule has 1 aromatic rings. The van der Waals surface area contributed by atoms with Crippen molar-refractivity contribution in [2.24, 2.45) is 4.99 Å². The van der Waals surface area contributed by atoms with Crippen molar-refractivity contribution < 1.29 is 0 Å². The number of hydrogen-bond donors (Lipinski definition) is 2. The largest absolute Gasteiger partial charge is 0.353 e. The lowest BCUT2D eigenvalue weighted by atomic mass is 10.1. The molecule has 0 atom stereocenters. The highest BCUT2D eigenvalue weighted by molar-refractivity contribution is 5.79. The van der Waals surface area contributed by atoms with Gasteiger partial charge >= 0.3 is 0 Å². The minimum atomic E-state index is 0.669. The van der Waals surface area contributed by atoms with Crippen LogP contribution in [0.1, 0.15) is 11.1 Å². The van der Waals surface area contributed by atoms with Crippen molar-refractivity contribution in [3.63, 3.8) is 0 Å². The number of aliphatic imine (C=N–C) groups is 1. The molecule has 0 bridgehead atoms. The van der Waals surface area contributed by atoms with Crippen molar-refractivity contribution in [1.29, 1.82) is 5.26 Å². The highest BCUT2D eigenvalue weighted by atomic mass is 15.2. The Kier molecular flexibility index (Phi) is 5.32. The van der Waals surface area contributed by atoms with E-state index >= 15 is 0 Å². The fourth-order valence-corrected chi connectivity index (χ4v) is 1.27. The molecular formula is C13H16N4. The van der Waals surface area contributed by atoms with Gasteiger partial charge in [0, 0.05) is 20.1 Å². The molecule has 0 spiro atoms. The topological polar surface area (TPSA) is 60.2 Å². The summed E-state index contributed by atoms with van der Waals surface area (Å²) in [5.41, 5.74) is 1.77. The normalized spacial score (nSPS) is 10.5. The maximum Gasteiger partial charge on any atom is 0.191 e. The molecule has 0 heterocycles. The van der Waals surface area contributed by atoms with E-state index in [0.29, 0.717) is 18.7 Å². The number of benzene rings is 1. The molecule has 4 heteroatoms. The average molecular weight is 228 g/mol. The minimum absolute atomic E-state index is 0.669. The van der Waals surface area contributed by atoms with Crippen LogP contribution >= 0.6 is 0 Å². The van der Waals surface area contributed by atoms with E-state index in [9.17, 15) is 0 Å². The summed E-state index contributed by atoms with van der Waals surface area (Å²) >= 11 is 0. The fraction of sp³-hybridized carbons (Fsp3) is 0.231. The van der Waals surface area contributed by atoms with Crippen LogP contribution in [0.15, 0.2) is 41.9 Å². The lowest BCUT2D eigenvalue weighted by Gasteiger charge is -2.10. The van der Waals surface area contributed by atoms with Gasteiger partial charge in [-0.15, -0.1) is 6.58 Å². The molecule has 4 nitrogen and oxygen atoms in total. The molecule has 0 saturated carbocycles. The van der Waals surface area contributed by atoms with Crippen molar-refractivity contribution in [2.45, 2.75) is 6.54 Å². The van der Waals surface area contributed by atoms with Gasteiger partial charge in [-0.25, -0.2) is 0 Å². The third-order valence-electron chi connectivity index (χ3n) is 2.18. The van der Waals surface area contributed by atoms with E-state index in [0.717, 1.165) is 11.5 Å². The Hall–Kier alpha value is -2.28. The van der Waals surface area contributed by atoms with Gasteiger partial charge in [0.2, 0.25) is 0 Å². The summed E-state index contributed by atoms with van der Waals surface area (Å²) in [6.07, 6.45) is 1.77. The zero-order valence-electron chi connectivity index (χ0n) is 9.90. The van der Waals surface area contributed by atoms with Gasteiger partial charge in [-0.2, -0.15) is 5.26 Å². The second kappa shape index (κ2) is 7.07. The van der Waals surface area contributed by atoms with E-state index in [1.807, 2.05) is 12.1 Å². The van der Waals surface area contributed by atoms with Crippen LogP contribution in [0.3, 0.4) is 0 Å². The minimum Gasteiger partial charge on any atom is -0.353 e. The lowest BCUT2D eigenvalue weighted by Crippen LogP contribution is -2.36. The van der Waals surface area contributed by atoms with Gasteiger partial charge in [0.1, 0.15) is 0 Å². The number of hydrogen-bond acceptors (Lipinski definition) is 2. The summed E-state index contributed by atoms with van der Waals surface area (Å²) < 4.78 is 0. The first kappa shape index (κ1) is 12.8. The Morgan fingerprint density at radius 2 is 2.12 bits per heavy atom. The van der Waals surface area contributed by atoms with E-state index in [2.05, 4.69) is 28.3 Å². The Labute approximate surface area is 102 Å². The van der Waals surface area contributed by atoms with E-state index in [1.54, 1.807) is 25.3 Å². The molecule has 0 unspecified atom stereocenters. The molecule has 88 valence electrons. The predicted octanol–water partition coefficient (Wildman–Crippen LogP) is 1.41. The lowest BCUT2D eigenvalue weighted by molar-refractivity contribution is 0.847. The number of nitriles is 1. The van der Waals surface area contributed by atoms with Crippen LogP contribution in [0.5, 0.6) is 0 Å². The Balaban J connectivity index is 2.48. The molecule has 0 fully saturated rings. The Morgan fingerprint density at radius 1 is 1.41 bits per heavy atom. The van der Waals surface area contributed by atoms with Crippen LogP contribution in [0.25, 0.3) is 0 Å². The Morgan fingerprint density at radius 3 is 2.65 bits per heavy atom. The van der Waals surface area contributed by atoms with E-state index in [1.165, 1.54) is 0 Å². The first-order valence-electron chi connectivity index (χ1n) is 5.34. The monoisotopic (exact) mass is 228 g/mol. The molecule has 2 N–H and O–H groups in total.